The van der Waals surface area contributed by atoms with E-state index >= 15 is 0 Å². The number of hydrogen-bond acceptors (Lipinski definition) is 2. The number of nitrogens with two attached hydrogens (primary N) is 1. The van der Waals surface area contributed by atoms with Crippen LogP contribution in [-0.2, 0) is 0 Å². The standard InChI is InChI=1S/C16H18N2O/c1-10-4-7-15(17)14(8-10)16(19)18-13-6-5-11(2)12(3)9-13/h4-9H,17H2,1-3H3,(H,18,19). The Balaban J connectivity index is 2.25. The minimum absolute atomic E-state index is 0.176. The zero-order chi connectivity index (χ0) is 14.0. The SMILES string of the molecule is Cc1ccc(N)c(C(=O)Nc2ccc(C)c(C)c2)c1. The van der Waals surface area contributed by atoms with Gasteiger partial charge in [0.25, 0.3) is 5.91 Å². The first kappa shape index (κ1) is 13.1. The Hall–Kier alpha value is -2.29. The van der Waals surface area contributed by atoms with E-state index in [1.165, 1.54) is 5.56 Å². The number of benzene rings is 2. The van der Waals surface area contributed by atoms with Crippen molar-refractivity contribution in [1.29, 1.82) is 0 Å². The molecule has 2 rings (SSSR count). The maximum Gasteiger partial charge on any atom is 0.257 e. The van der Waals surface area contributed by atoms with Gasteiger partial charge < -0.3 is 11.1 Å². The van der Waals surface area contributed by atoms with Gasteiger partial charge in [0.2, 0.25) is 0 Å². The Morgan fingerprint density at radius 2 is 1.74 bits per heavy atom. The molecule has 1 amide bonds. The molecule has 0 unspecified atom stereocenters. The van der Waals surface area contributed by atoms with Gasteiger partial charge in [-0.15, -0.1) is 0 Å². The molecule has 0 atom stereocenters. The van der Waals surface area contributed by atoms with E-state index < -0.39 is 0 Å². The molecule has 0 saturated heterocycles. The highest BCUT2D eigenvalue weighted by Crippen LogP contribution is 2.18. The number of amides is 1. The van der Waals surface area contributed by atoms with E-state index in [1.807, 2.05) is 45.0 Å². The van der Waals surface area contributed by atoms with Crippen LogP contribution in [0.4, 0.5) is 11.4 Å². The third-order valence-corrected chi connectivity index (χ3v) is 3.22. The van der Waals surface area contributed by atoms with Crippen molar-refractivity contribution in [2.24, 2.45) is 0 Å². The smallest absolute Gasteiger partial charge is 0.257 e. The minimum atomic E-state index is -0.176. The number of rotatable bonds is 2. The van der Waals surface area contributed by atoms with Gasteiger partial charge in [-0.25, -0.2) is 0 Å². The van der Waals surface area contributed by atoms with Crippen LogP contribution in [0.25, 0.3) is 0 Å². The number of anilines is 2. The number of carbonyl (C=O) groups excluding carboxylic acids is 1. The summed E-state index contributed by atoms with van der Waals surface area (Å²) in [5.74, 6) is -0.176. The topological polar surface area (TPSA) is 55.1 Å². The average molecular weight is 254 g/mol. The van der Waals surface area contributed by atoms with Crippen molar-refractivity contribution in [2.45, 2.75) is 20.8 Å². The maximum atomic E-state index is 12.2. The van der Waals surface area contributed by atoms with Crippen LogP contribution in [0.3, 0.4) is 0 Å². The zero-order valence-corrected chi connectivity index (χ0v) is 11.4. The van der Waals surface area contributed by atoms with Crippen LogP contribution in [0.2, 0.25) is 0 Å². The predicted molar refractivity (Wildman–Crippen MR) is 79.5 cm³/mol. The molecule has 0 saturated carbocycles. The summed E-state index contributed by atoms with van der Waals surface area (Å²) >= 11 is 0. The highest BCUT2D eigenvalue weighted by atomic mass is 16.1. The molecule has 3 heteroatoms. The summed E-state index contributed by atoms with van der Waals surface area (Å²) in [7, 11) is 0. The molecule has 3 N–H and O–H groups in total. The van der Waals surface area contributed by atoms with Crippen LogP contribution in [0, 0.1) is 20.8 Å². The quantitative estimate of drug-likeness (QED) is 0.806. The Bertz CT molecular complexity index is 633. The fourth-order valence-corrected chi connectivity index (χ4v) is 1.88. The van der Waals surface area contributed by atoms with Crippen LogP contribution < -0.4 is 11.1 Å². The molecule has 0 aliphatic carbocycles. The van der Waals surface area contributed by atoms with Gasteiger partial charge in [0, 0.05) is 11.4 Å². The lowest BCUT2D eigenvalue weighted by Gasteiger charge is -2.10. The highest BCUT2D eigenvalue weighted by molar-refractivity contribution is 6.07. The summed E-state index contributed by atoms with van der Waals surface area (Å²) in [5, 5.41) is 2.88. The van der Waals surface area contributed by atoms with Crippen LogP contribution in [-0.4, -0.2) is 5.91 Å². The predicted octanol–water partition coefficient (Wildman–Crippen LogP) is 3.45. The van der Waals surface area contributed by atoms with E-state index in [2.05, 4.69) is 5.32 Å². The number of aryl methyl sites for hydroxylation is 3. The van der Waals surface area contributed by atoms with Crippen molar-refractivity contribution in [3.8, 4) is 0 Å². The van der Waals surface area contributed by atoms with Gasteiger partial charge in [-0.2, -0.15) is 0 Å². The Morgan fingerprint density at radius 1 is 1.00 bits per heavy atom. The minimum Gasteiger partial charge on any atom is -0.398 e. The van der Waals surface area contributed by atoms with E-state index in [1.54, 1.807) is 12.1 Å². The molecule has 2 aromatic carbocycles. The Kier molecular flexibility index (Phi) is 3.56. The van der Waals surface area contributed by atoms with Crippen LogP contribution in [0.15, 0.2) is 36.4 Å². The van der Waals surface area contributed by atoms with Crippen LogP contribution >= 0.6 is 0 Å². The molecule has 0 radical (unpaired) electrons. The second kappa shape index (κ2) is 5.14. The van der Waals surface area contributed by atoms with Crippen molar-refractivity contribution in [1.82, 2.24) is 0 Å². The van der Waals surface area contributed by atoms with Gasteiger partial charge in [-0.3, -0.25) is 4.79 Å². The average Bonchev–Trinajstić information content (AvgIpc) is 2.36. The summed E-state index contributed by atoms with van der Waals surface area (Å²) in [6, 6.07) is 11.3. The molecule has 0 aliphatic rings. The van der Waals surface area contributed by atoms with Gasteiger partial charge in [0.15, 0.2) is 0 Å². The van der Waals surface area contributed by atoms with Gasteiger partial charge in [0.05, 0.1) is 5.56 Å². The molecule has 3 nitrogen and oxygen atoms in total. The number of nitrogen functional groups attached to an aromatic ring is 1. The molecule has 0 aliphatic heterocycles. The second-order valence-electron chi connectivity index (χ2n) is 4.84. The maximum absolute atomic E-state index is 12.2. The van der Waals surface area contributed by atoms with Crippen molar-refractivity contribution in [2.75, 3.05) is 11.1 Å². The summed E-state index contributed by atoms with van der Waals surface area (Å²) in [4.78, 5) is 12.2. The molecular formula is C16H18N2O. The number of carbonyl (C=O) groups is 1. The molecule has 2 aromatic rings. The lowest BCUT2D eigenvalue weighted by atomic mass is 10.1. The van der Waals surface area contributed by atoms with Crippen molar-refractivity contribution in [3.05, 3.63) is 58.7 Å². The molecule has 0 bridgehead atoms. The normalized spacial score (nSPS) is 10.3. The monoisotopic (exact) mass is 254 g/mol. The Labute approximate surface area is 113 Å². The van der Waals surface area contributed by atoms with E-state index in [0.29, 0.717) is 11.3 Å². The van der Waals surface area contributed by atoms with Gasteiger partial charge in [0.1, 0.15) is 0 Å². The molecule has 0 aromatic heterocycles. The van der Waals surface area contributed by atoms with Crippen LogP contribution in [0.1, 0.15) is 27.0 Å². The summed E-state index contributed by atoms with van der Waals surface area (Å²) in [6.45, 7) is 6.00. The molecule has 19 heavy (non-hydrogen) atoms. The van der Waals surface area contributed by atoms with E-state index in [-0.39, 0.29) is 5.91 Å². The first-order chi connectivity index (χ1) is 8.97. The van der Waals surface area contributed by atoms with E-state index in [0.717, 1.165) is 16.8 Å². The third kappa shape index (κ3) is 2.94. The molecule has 0 spiro atoms. The number of nitrogens with one attached hydrogen (secondary N) is 1. The fraction of sp³-hybridized carbons (Fsp3) is 0.188. The van der Waals surface area contributed by atoms with Crippen molar-refractivity contribution < 1.29 is 4.79 Å². The van der Waals surface area contributed by atoms with Gasteiger partial charge in [-0.1, -0.05) is 17.7 Å². The van der Waals surface area contributed by atoms with Crippen molar-refractivity contribution >= 4 is 17.3 Å². The lowest BCUT2D eigenvalue weighted by molar-refractivity contribution is 0.102. The number of hydrogen-bond donors (Lipinski definition) is 2. The first-order valence-electron chi connectivity index (χ1n) is 6.22. The van der Waals surface area contributed by atoms with Crippen LogP contribution in [0.5, 0.6) is 0 Å². The fourth-order valence-electron chi connectivity index (χ4n) is 1.88. The largest absolute Gasteiger partial charge is 0.398 e. The second-order valence-corrected chi connectivity index (χ2v) is 4.84. The summed E-state index contributed by atoms with van der Waals surface area (Å²) in [5.41, 5.74) is 11.0. The summed E-state index contributed by atoms with van der Waals surface area (Å²) in [6.07, 6.45) is 0. The van der Waals surface area contributed by atoms with E-state index in [9.17, 15) is 4.79 Å². The summed E-state index contributed by atoms with van der Waals surface area (Å²) < 4.78 is 0. The van der Waals surface area contributed by atoms with Gasteiger partial charge in [-0.05, 0) is 56.2 Å². The Morgan fingerprint density at radius 3 is 2.42 bits per heavy atom. The lowest BCUT2D eigenvalue weighted by Crippen LogP contribution is -2.14. The molecule has 98 valence electrons. The van der Waals surface area contributed by atoms with Gasteiger partial charge >= 0.3 is 0 Å². The zero-order valence-electron chi connectivity index (χ0n) is 11.4. The molecule has 0 fully saturated rings. The van der Waals surface area contributed by atoms with Crippen molar-refractivity contribution in [3.63, 3.8) is 0 Å². The van der Waals surface area contributed by atoms with E-state index in [4.69, 9.17) is 5.73 Å². The first-order valence-corrected chi connectivity index (χ1v) is 6.22. The third-order valence-electron chi connectivity index (χ3n) is 3.22. The molecular weight excluding hydrogens is 236 g/mol. The molecule has 0 heterocycles. The highest BCUT2D eigenvalue weighted by Gasteiger charge is 2.10.